The predicted octanol–water partition coefficient (Wildman–Crippen LogP) is 1.19. The number of amides is 1. The van der Waals surface area contributed by atoms with E-state index in [1.165, 1.54) is 37.3 Å². The number of carbonyl (C=O) groups is 1. The average Bonchev–Trinajstić information content (AvgIpc) is 2.55. The molecule has 0 spiro atoms. The Morgan fingerprint density at radius 3 is 2.68 bits per heavy atom. The summed E-state index contributed by atoms with van der Waals surface area (Å²) in [6.45, 7) is 3.70. The summed E-state index contributed by atoms with van der Waals surface area (Å²) in [5.41, 5.74) is 7.75. The van der Waals surface area contributed by atoms with Gasteiger partial charge in [-0.15, -0.1) is 0 Å². The van der Waals surface area contributed by atoms with Crippen LogP contribution in [0.4, 0.5) is 5.69 Å². The smallest absolute Gasteiger partial charge is 0.243 e. The number of nitrogens with one attached hydrogen (secondary N) is 1. The molecular weight excluding hydrogens is 298 g/mol. The lowest BCUT2D eigenvalue weighted by atomic mass is 10.1. The van der Waals surface area contributed by atoms with Gasteiger partial charge in [0.25, 0.3) is 0 Å². The number of methoxy groups -OCH3 is 1. The zero-order chi connectivity index (χ0) is 15.8. The lowest BCUT2D eigenvalue weighted by Gasteiger charge is -2.26. The number of hydrogen-bond acceptors (Lipinski definition) is 5. The van der Waals surface area contributed by atoms with Crippen LogP contribution in [0.1, 0.15) is 5.56 Å². The molecule has 1 aliphatic heterocycles. The van der Waals surface area contributed by atoms with Crippen molar-refractivity contribution in [1.82, 2.24) is 4.90 Å². The van der Waals surface area contributed by atoms with Gasteiger partial charge in [-0.1, -0.05) is 12.1 Å². The molecule has 0 bridgehead atoms. The van der Waals surface area contributed by atoms with Gasteiger partial charge < -0.3 is 20.7 Å². The van der Waals surface area contributed by atoms with E-state index in [-0.39, 0.29) is 12.5 Å². The first kappa shape index (κ1) is 17.3. The lowest BCUT2D eigenvalue weighted by molar-refractivity contribution is -0.118. The van der Waals surface area contributed by atoms with E-state index >= 15 is 0 Å². The monoisotopic (exact) mass is 323 g/mol. The van der Waals surface area contributed by atoms with E-state index in [4.69, 9.17) is 10.5 Å². The molecule has 1 aliphatic rings. The predicted molar refractivity (Wildman–Crippen MR) is 92.4 cm³/mol. The first-order valence-corrected chi connectivity index (χ1v) is 8.79. The summed E-state index contributed by atoms with van der Waals surface area (Å²) in [7, 11) is 1.53. The molecule has 1 saturated heterocycles. The molecule has 1 amide bonds. The lowest BCUT2D eigenvalue weighted by Crippen LogP contribution is -2.39. The first-order valence-electron chi connectivity index (χ1n) is 7.63. The number of anilines is 1. The van der Waals surface area contributed by atoms with Crippen molar-refractivity contribution in [2.45, 2.75) is 12.5 Å². The number of carbonyl (C=O) groups excluding carboxylic acids is 1. The fourth-order valence-electron chi connectivity index (χ4n) is 2.36. The molecule has 0 radical (unpaired) electrons. The zero-order valence-electron chi connectivity index (χ0n) is 13.1. The Bertz CT molecular complexity index is 461. The van der Waals surface area contributed by atoms with E-state index in [9.17, 15) is 4.79 Å². The number of nitrogens with zero attached hydrogens (tertiary/aromatic N) is 1. The summed E-state index contributed by atoms with van der Waals surface area (Å²) >= 11 is 2.03. The van der Waals surface area contributed by atoms with Crippen LogP contribution in [0.15, 0.2) is 24.3 Å². The van der Waals surface area contributed by atoms with Gasteiger partial charge in [-0.3, -0.25) is 4.79 Å². The minimum Gasteiger partial charge on any atom is -0.383 e. The summed E-state index contributed by atoms with van der Waals surface area (Å²) in [5.74, 6) is 2.26. The standard InChI is InChI=1S/C16H25N3O2S/c1-21-12-15(17)16(20)18-14-4-2-13(3-5-14)6-7-19-8-10-22-11-9-19/h2-5,15H,6-12,17H2,1H3,(H,18,20). The van der Waals surface area contributed by atoms with Crippen molar-refractivity contribution >= 4 is 23.4 Å². The van der Waals surface area contributed by atoms with E-state index in [2.05, 4.69) is 22.3 Å². The number of thioether (sulfide) groups is 1. The summed E-state index contributed by atoms with van der Waals surface area (Å²) in [6.07, 6.45) is 1.04. The molecule has 1 aromatic carbocycles. The Morgan fingerprint density at radius 1 is 1.36 bits per heavy atom. The van der Waals surface area contributed by atoms with E-state index in [1.807, 2.05) is 23.9 Å². The maximum Gasteiger partial charge on any atom is 0.243 e. The fraction of sp³-hybridized carbons (Fsp3) is 0.562. The fourth-order valence-corrected chi connectivity index (χ4v) is 3.34. The van der Waals surface area contributed by atoms with Gasteiger partial charge in [0.05, 0.1) is 6.61 Å². The molecule has 1 aromatic rings. The van der Waals surface area contributed by atoms with E-state index < -0.39 is 6.04 Å². The highest BCUT2D eigenvalue weighted by Crippen LogP contribution is 2.13. The first-order chi connectivity index (χ1) is 10.7. The van der Waals surface area contributed by atoms with Gasteiger partial charge in [0.2, 0.25) is 5.91 Å². The Hall–Kier alpha value is -1.08. The minimum atomic E-state index is -0.637. The van der Waals surface area contributed by atoms with Crippen molar-refractivity contribution in [3.05, 3.63) is 29.8 Å². The highest BCUT2D eigenvalue weighted by Gasteiger charge is 2.13. The molecule has 0 saturated carbocycles. The maximum absolute atomic E-state index is 11.8. The molecule has 2 rings (SSSR count). The Balaban J connectivity index is 1.78. The van der Waals surface area contributed by atoms with Gasteiger partial charge >= 0.3 is 0 Å². The van der Waals surface area contributed by atoms with Crippen molar-refractivity contribution < 1.29 is 9.53 Å². The topological polar surface area (TPSA) is 67.6 Å². The van der Waals surface area contributed by atoms with Gasteiger partial charge in [-0.2, -0.15) is 11.8 Å². The van der Waals surface area contributed by atoms with Crippen LogP contribution < -0.4 is 11.1 Å². The summed E-state index contributed by atoms with van der Waals surface area (Å²) < 4.78 is 4.88. The SMILES string of the molecule is COCC(N)C(=O)Nc1ccc(CCN2CCSCC2)cc1. The second-order valence-corrected chi connectivity index (χ2v) is 6.68. The zero-order valence-corrected chi connectivity index (χ0v) is 13.9. The van der Waals surface area contributed by atoms with Crippen LogP contribution in [0.2, 0.25) is 0 Å². The third-order valence-electron chi connectivity index (χ3n) is 3.72. The quantitative estimate of drug-likeness (QED) is 0.789. The van der Waals surface area contributed by atoms with Gasteiger partial charge in [0.1, 0.15) is 6.04 Å². The summed E-state index contributed by atoms with van der Waals surface area (Å²) in [4.78, 5) is 14.3. The van der Waals surface area contributed by atoms with Crippen molar-refractivity contribution in [3.8, 4) is 0 Å². The van der Waals surface area contributed by atoms with Crippen molar-refractivity contribution in [1.29, 1.82) is 0 Å². The van der Waals surface area contributed by atoms with Crippen molar-refractivity contribution in [2.24, 2.45) is 5.73 Å². The molecule has 0 aromatic heterocycles. The molecule has 1 heterocycles. The maximum atomic E-state index is 11.8. The third kappa shape index (κ3) is 5.61. The van der Waals surface area contributed by atoms with Crippen molar-refractivity contribution in [3.63, 3.8) is 0 Å². The number of benzene rings is 1. The minimum absolute atomic E-state index is 0.220. The molecule has 6 heteroatoms. The molecule has 1 fully saturated rings. The van der Waals surface area contributed by atoms with Crippen LogP contribution in [-0.2, 0) is 16.0 Å². The second kappa shape index (κ2) is 9.15. The van der Waals surface area contributed by atoms with Gasteiger partial charge in [-0.25, -0.2) is 0 Å². The van der Waals surface area contributed by atoms with Crippen LogP contribution in [0, 0.1) is 0 Å². The van der Waals surface area contributed by atoms with Crippen LogP contribution >= 0.6 is 11.8 Å². The van der Waals surface area contributed by atoms with Crippen molar-refractivity contribution in [2.75, 3.05) is 50.2 Å². The molecule has 22 heavy (non-hydrogen) atoms. The van der Waals surface area contributed by atoms with E-state index in [1.54, 1.807) is 0 Å². The van der Waals surface area contributed by atoms with Gasteiger partial charge in [0.15, 0.2) is 0 Å². The molecule has 1 unspecified atom stereocenters. The van der Waals surface area contributed by atoms with E-state index in [0.717, 1.165) is 18.7 Å². The third-order valence-corrected chi connectivity index (χ3v) is 4.67. The molecule has 5 nitrogen and oxygen atoms in total. The highest BCUT2D eigenvalue weighted by molar-refractivity contribution is 7.99. The number of ether oxygens (including phenoxy) is 1. The molecule has 122 valence electrons. The Labute approximate surface area is 136 Å². The number of hydrogen-bond donors (Lipinski definition) is 2. The average molecular weight is 323 g/mol. The highest BCUT2D eigenvalue weighted by atomic mass is 32.2. The summed E-state index contributed by atoms with van der Waals surface area (Å²) in [6, 6.07) is 7.35. The summed E-state index contributed by atoms with van der Waals surface area (Å²) in [5, 5.41) is 2.80. The number of rotatable bonds is 7. The largest absolute Gasteiger partial charge is 0.383 e. The Kier molecular flexibility index (Phi) is 7.18. The Morgan fingerprint density at radius 2 is 2.05 bits per heavy atom. The van der Waals surface area contributed by atoms with Gasteiger partial charge in [0, 0.05) is 43.9 Å². The normalized spacial score (nSPS) is 17.2. The number of nitrogens with two attached hydrogens (primary N) is 1. The van der Waals surface area contributed by atoms with Crippen LogP contribution in [-0.4, -0.2) is 61.7 Å². The van der Waals surface area contributed by atoms with Crippen LogP contribution in [0.5, 0.6) is 0 Å². The molecular formula is C16H25N3O2S. The molecule has 0 aliphatic carbocycles. The van der Waals surface area contributed by atoms with Gasteiger partial charge in [-0.05, 0) is 24.1 Å². The van der Waals surface area contributed by atoms with Crippen LogP contribution in [0.3, 0.4) is 0 Å². The molecule has 1 atom stereocenters. The van der Waals surface area contributed by atoms with Crippen LogP contribution in [0.25, 0.3) is 0 Å². The second-order valence-electron chi connectivity index (χ2n) is 5.45. The van der Waals surface area contributed by atoms with E-state index in [0.29, 0.717) is 0 Å². The molecule has 3 N–H and O–H groups in total.